The molecule has 0 atom stereocenters. The molecule has 3 rings (SSSR count). The van der Waals surface area contributed by atoms with Crippen molar-refractivity contribution < 1.29 is 9.53 Å². The van der Waals surface area contributed by atoms with Crippen LogP contribution in [0.25, 0.3) is 5.69 Å². The van der Waals surface area contributed by atoms with Gasteiger partial charge in [-0.3, -0.25) is 14.2 Å². The number of para-hydroxylation sites is 1. The van der Waals surface area contributed by atoms with Crippen LogP contribution in [-0.4, -0.2) is 28.3 Å². The molecule has 0 radical (unpaired) electrons. The van der Waals surface area contributed by atoms with Gasteiger partial charge in [0.15, 0.2) is 5.03 Å². The van der Waals surface area contributed by atoms with Gasteiger partial charge in [-0.2, -0.15) is 0 Å². The monoisotopic (exact) mass is 381 g/mol. The lowest BCUT2D eigenvalue weighted by Crippen LogP contribution is -2.22. The minimum absolute atomic E-state index is 0.0959. The van der Waals surface area contributed by atoms with Crippen molar-refractivity contribution in [1.82, 2.24) is 9.55 Å². The number of nitrogens with one attached hydrogen (secondary N) is 1. The van der Waals surface area contributed by atoms with E-state index in [1.54, 1.807) is 31.6 Å². The molecule has 2 aromatic carbocycles. The summed E-state index contributed by atoms with van der Waals surface area (Å²) < 4.78 is 6.69. The van der Waals surface area contributed by atoms with Crippen molar-refractivity contribution >= 4 is 23.4 Å². The van der Waals surface area contributed by atoms with Crippen molar-refractivity contribution in [2.75, 3.05) is 18.2 Å². The summed E-state index contributed by atoms with van der Waals surface area (Å²) in [5, 5.41) is 3.11. The molecule has 1 aromatic heterocycles. The third-order valence-electron chi connectivity index (χ3n) is 3.90. The second-order valence-electron chi connectivity index (χ2n) is 5.76. The predicted molar refractivity (Wildman–Crippen MR) is 107 cm³/mol. The van der Waals surface area contributed by atoms with Crippen LogP contribution < -0.4 is 15.6 Å². The number of anilines is 1. The first kappa shape index (κ1) is 18.7. The van der Waals surface area contributed by atoms with E-state index in [1.165, 1.54) is 4.57 Å². The van der Waals surface area contributed by atoms with E-state index in [2.05, 4.69) is 10.3 Å². The van der Waals surface area contributed by atoms with Crippen LogP contribution in [0.2, 0.25) is 0 Å². The molecule has 0 aliphatic heterocycles. The zero-order valence-electron chi connectivity index (χ0n) is 15.0. The van der Waals surface area contributed by atoms with Gasteiger partial charge in [0.2, 0.25) is 5.91 Å². The topological polar surface area (TPSA) is 73.2 Å². The van der Waals surface area contributed by atoms with E-state index in [0.29, 0.717) is 11.4 Å². The number of methoxy groups -OCH3 is 1. The lowest BCUT2D eigenvalue weighted by Gasteiger charge is -2.09. The number of aryl methyl sites for hydroxylation is 1. The molecule has 1 heterocycles. The second kappa shape index (κ2) is 8.55. The van der Waals surface area contributed by atoms with Crippen LogP contribution in [0.1, 0.15) is 5.56 Å². The number of amides is 1. The molecule has 0 saturated heterocycles. The first-order valence-electron chi connectivity index (χ1n) is 8.29. The molecule has 0 spiro atoms. The SMILES string of the molecule is COc1cccc(-n2ccnc(SCC(=O)Nc3ccccc3C)c2=O)c1. The molecule has 0 aliphatic carbocycles. The second-order valence-corrected chi connectivity index (χ2v) is 6.72. The van der Waals surface area contributed by atoms with Crippen LogP contribution in [-0.2, 0) is 4.79 Å². The molecular weight excluding hydrogens is 362 g/mol. The van der Waals surface area contributed by atoms with Crippen LogP contribution in [0.4, 0.5) is 5.69 Å². The third-order valence-corrected chi connectivity index (χ3v) is 4.86. The van der Waals surface area contributed by atoms with Crippen molar-refractivity contribution in [3.63, 3.8) is 0 Å². The van der Waals surface area contributed by atoms with Crippen LogP contribution >= 0.6 is 11.8 Å². The Morgan fingerprint density at radius 1 is 1.22 bits per heavy atom. The van der Waals surface area contributed by atoms with E-state index in [9.17, 15) is 9.59 Å². The number of carbonyl (C=O) groups is 1. The van der Waals surface area contributed by atoms with E-state index >= 15 is 0 Å². The molecule has 3 aromatic rings. The van der Waals surface area contributed by atoms with Gasteiger partial charge < -0.3 is 10.1 Å². The highest BCUT2D eigenvalue weighted by molar-refractivity contribution is 7.99. The molecule has 0 saturated carbocycles. The number of aromatic nitrogens is 2. The Hall–Kier alpha value is -3.06. The van der Waals surface area contributed by atoms with Gasteiger partial charge in [-0.25, -0.2) is 4.98 Å². The van der Waals surface area contributed by atoms with Crippen molar-refractivity contribution in [2.45, 2.75) is 11.9 Å². The zero-order valence-corrected chi connectivity index (χ0v) is 15.8. The Morgan fingerprint density at radius 3 is 2.81 bits per heavy atom. The highest BCUT2D eigenvalue weighted by Crippen LogP contribution is 2.18. The first-order valence-corrected chi connectivity index (χ1v) is 9.27. The van der Waals surface area contributed by atoms with E-state index in [4.69, 9.17) is 4.74 Å². The average molecular weight is 381 g/mol. The Balaban J connectivity index is 1.73. The van der Waals surface area contributed by atoms with Gasteiger partial charge in [-0.1, -0.05) is 36.0 Å². The molecule has 6 nitrogen and oxygen atoms in total. The summed E-state index contributed by atoms with van der Waals surface area (Å²) in [6, 6.07) is 14.7. The minimum Gasteiger partial charge on any atom is -0.497 e. The van der Waals surface area contributed by atoms with Crippen molar-refractivity contribution in [3.05, 3.63) is 76.8 Å². The summed E-state index contributed by atoms with van der Waals surface area (Å²) in [6.45, 7) is 1.92. The number of benzene rings is 2. The number of rotatable bonds is 6. The number of hydrogen-bond acceptors (Lipinski definition) is 5. The fourth-order valence-electron chi connectivity index (χ4n) is 2.49. The van der Waals surface area contributed by atoms with Crippen molar-refractivity contribution in [3.8, 4) is 11.4 Å². The van der Waals surface area contributed by atoms with Gasteiger partial charge in [0.25, 0.3) is 5.56 Å². The van der Waals surface area contributed by atoms with Gasteiger partial charge >= 0.3 is 0 Å². The summed E-state index contributed by atoms with van der Waals surface area (Å²) in [7, 11) is 1.57. The Kier molecular flexibility index (Phi) is 5.93. The van der Waals surface area contributed by atoms with E-state index < -0.39 is 0 Å². The molecule has 0 unspecified atom stereocenters. The Bertz CT molecular complexity index is 1020. The van der Waals surface area contributed by atoms with E-state index in [-0.39, 0.29) is 22.2 Å². The summed E-state index contributed by atoms with van der Waals surface area (Å²) in [5.41, 5.74) is 2.14. The first-order chi connectivity index (χ1) is 13.1. The normalized spacial score (nSPS) is 10.4. The molecule has 1 amide bonds. The highest BCUT2D eigenvalue weighted by atomic mass is 32.2. The molecule has 27 heavy (non-hydrogen) atoms. The predicted octanol–water partition coefficient (Wildman–Crippen LogP) is 3.28. The fourth-order valence-corrected chi connectivity index (χ4v) is 3.19. The van der Waals surface area contributed by atoms with Gasteiger partial charge in [0, 0.05) is 24.1 Å². The van der Waals surface area contributed by atoms with Crippen molar-refractivity contribution in [1.29, 1.82) is 0 Å². The number of thioether (sulfide) groups is 1. The maximum atomic E-state index is 12.7. The van der Waals surface area contributed by atoms with Crippen LogP contribution in [0.5, 0.6) is 5.75 Å². The van der Waals surface area contributed by atoms with E-state index in [0.717, 1.165) is 23.0 Å². The van der Waals surface area contributed by atoms with Gasteiger partial charge in [0.1, 0.15) is 5.75 Å². The molecule has 0 bridgehead atoms. The van der Waals surface area contributed by atoms with Crippen LogP contribution in [0.3, 0.4) is 0 Å². The van der Waals surface area contributed by atoms with Gasteiger partial charge in [-0.05, 0) is 30.7 Å². The lowest BCUT2D eigenvalue weighted by atomic mass is 10.2. The summed E-state index contributed by atoms with van der Waals surface area (Å²) in [6.07, 6.45) is 3.14. The molecule has 0 aliphatic rings. The average Bonchev–Trinajstić information content (AvgIpc) is 2.69. The van der Waals surface area contributed by atoms with Crippen molar-refractivity contribution in [2.24, 2.45) is 0 Å². The van der Waals surface area contributed by atoms with Crippen LogP contribution in [0.15, 0.2) is 70.7 Å². The molecular formula is C20H19N3O3S. The molecule has 0 fully saturated rings. The Labute approximate surface area is 161 Å². The summed E-state index contributed by atoms with van der Waals surface area (Å²) in [4.78, 5) is 29.0. The smallest absolute Gasteiger partial charge is 0.287 e. The summed E-state index contributed by atoms with van der Waals surface area (Å²) >= 11 is 1.11. The van der Waals surface area contributed by atoms with Crippen LogP contribution in [0, 0.1) is 6.92 Å². The van der Waals surface area contributed by atoms with Gasteiger partial charge in [-0.15, -0.1) is 0 Å². The number of ether oxygens (including phenoxy) is 1. The molecule has 7 heteroatoms. The maximum Gasteiger partial charge on any atom is 0.287 e. The molecule has 1 N–H and O–H groups in total. The van der Waals surface area contributed by atoms with E-state index in [1.807, 2.05) is 43.3 Å². The Morgan fingerprint density at radius 2 is 2.04 bits per heavy atom. The van der Waals surface area contributed by atoms with Gasteiger partial charge in [0.05, 0.1) is 18.6 Å². The lowest BCUT2D eigenvalue weighted by molar-refractivity contribution is -0.113. The maximum absolute atomic E-state index is 12.7. The third kappa shape index (κ3) is 4.57. The standard InChI is InChI=1S/C20H19N3O3S/c1-14-6-3-4-9-17(14)22-18(24)13-27-19-20(25)23(11-10-21-19)15-7-5-8-16(12-15)26-2/h3-12H,13H2,1-2H3,(H,22,24). The highest BCUT2D eigenvalue weighted by Gasteiger charge is 2.11. The largest absolute Gasteiger partial charge is 0.497 e. The zero-order chi connectivity index (χ0) is 19.2. The summed E-state index contributed by atoms with van der Waals surface area (Å²) in [5.74, 6) is 0.564. The quantitative estimate of drug-likeness (QED) is 0.664. The number of nitrogens with zero attached hydrogens (tertiary/aromatic N) is 2. The fraction of sp³-hybridized carbons (Fsp3) is 0.150. The molecule has 138 valence electrons. The number of carbonyl (C=O) groups excluding carboxylic acids is 1. The minimum atomic E-state index is -0.278. The number of hydrogen-bond donors (Lipinski definition) is 1.